The summed E-state index contributed by atoms with van der Waals surface area (Å²) in [4.78, 5) is 14.0. The largest absolute Gasteiger partial charge is 0.389 e. The van der Waals surface area contributed by atoms with Gasteiger partial charge in [-0.25, -0.2) is 9.97 Å². The number of hydrogen-bond acceptors (Lipinski definition) is 6. The van der Waals surface area contributed by atoms with Crippen molar-refractivity contribution in [3.8, 4) is 0 Å². The topological polar surface area (TPSA) is 58.3 Å². The van der Waals surface area contributed by atoms with Crippen molar-refractivity contribution in [3.63, 3.8) is 0 Å². The van der Waals surface area contributed by atoms with Gasteiger partial charge in [0.1, 0.15) is 10.8 Å². The minimum atomic E-state index is 0.403. The zero-order valence-electron chi connectivity index (χ0n) is 11.8. The second kappa shape index (κ2) is 5.95. The molecule has 0 amide bonds. The van der Waals surface area contributed by atoms with Crippen LogP contribution in [-0.4, -0.2) is 41.1 Å². The maximum Gasteiger partial charge on any atom is 0.185 e. The second-order valence-corrected chi connectivity index (χ2v) is 6.29. The summed E-state index contributed by atoms with van der Waals surface area (Å²) in [6.45, 7) is 5.63. The number of aryl methyl sites for hydroxylation is 1. The fourth-order valence-corrected chi connectivity index (χ4v) is 3.31. The number of hydrogen-bond donors (Lipinski definition) is 1. The molecule has 0 aromatic carbocycles. The minimum absolute atomic E-state index is 0.403. The molecular weight excluding hydrogens is 302 g/mol. The summed E-state index contributed by atoms with van der Waals surface area (Å²) in [5.74, 6) is 0.904. The van der Waals surface area contributed by atoms with Crippen LogP contribution in [0.3, 0.4) is 0 Å². The average molecular weight is 319 g/mol. The van der Waals surface area contributed by atoms with Crippen LogP contribution in [0.4, 0.5) is 10.9 Å². The van der Waals surface area contributed by atoms with Crippen molar-refractivity contribution >= 4 is 39.5 Å². The molecule has 2 N–H and O–H groups in total. The molecule has 0 bridgehead atoms. The summed E-state index contributed by atoms with van der Waals surface area (Å²) in [5, 5.41) is 3.09. The van der Waals surface area contributed by atoms with Crippen LogP contribution in [0.25, 0.3) is 0 Å². The van der Waals surface area contributed by atoms with Crippen LogP contribution in [0.1, 0.15) is 11.3 Å². The Labute approximate surface area is 133 Å². The summed E-state index contributed by atoms with van der Waals surface area (Å²) < 4.78 is 0. The van der Waals surface area contributed by atoms with E-state index in [0.717, 1.165) is 48.4 Å². The molecule has 110 valence electrons. The van der Waals surface area contributed by atoms with Crippen LogP contribution in [0, 0.1) is 6.92 Å². The van der Waals surface area contributed by atoms with Crippen molar-refractivity contribution in [3.05, 3.63) is 35.0 Å². The molecule has 0 atom stereocenters. The van der Waals surface area contributed by atoms with Gasteiger partial charge in [0.15, 0.2) is 5.13 Å². The molecule has 0 unspecified atom stereocenters. The van der Waals surface area contributed by atoms with E-state index in [2.05, 4.69) is 19.8 Å². The quantitative estimate of drug-likeness (QED) is 0.871. The monoisotopic (exact) mass is 319 g/mol. The minimum Gasteiger partial charge on any atom is -0.389 e. The van der Waals surface area contributed by atoms with Gasteiger partial charge in [0.2, 0.25) is 0 Å². The molecule has 21 heavy (non-hydrogen) atoms. The van der Waals surface area contributed by atoms with Gasteiger partial charge in [-0.2, -0.15) is 0 Å². The van der Waals surface area contributed by atoms with Crippen LogP contribution in [0.15, 0.2) is 23.7 Å². The smallest absolute Gasteiger partial charge is 0.185 e. The Morgan fingerprint density at radius 3 is 2.57 bits per heavy atom. The first-order chi connectivity index (χ1) is 10.1. The number of nitrogens with zero attached hydrogens (tertiary/aromatic N) is 4. The van der Waals surface area contributed by atoms with Gasteiger partial charge in [-0.3, -0.25) is 0 Å². The molecule has 2 aromatic heterocycles. The van der Waals surface area contributed by atoms with Crippen LogP contribution in [0.2, 0.25) is 0 Å². The number of pyridine rings is 1. The lowest BCUT2D eigenvalue weighted by molar-refractivity contribution is 0.645. The lowest BCUT2D eigenvalue weighted by Crippen LogP contribution is -2.47. The summed E-state index contributed by atoms with van der Waals surface area (Å²) in [6, 6.07) is 3.91. The van der Waals surface area contributed by atoms with E-state index in [1.54, 1.807) is 11.3 Å². The SMILES string of the molecule is Cc1ccc(C(N)=S)c(N2CCN(c3nccs3)CC2)n1. The van der Waals surface area contributed by atoms with Crippen LogP contribution in [0.5, 0.6) is 0 Å². The van der Waals surface area contributed by atoms with E-state index in [4.69, 9.17) is 18.0 Å². The highest BCUT2D eigenvalue weighted by atomic mass is 32.1. The molecular formula is C14H17N5S2. The van der Waals surface area contributed by atoms with Gasteiger partial charge < -0.3 is 15.5 Å². The number of thiocarbonyl (C=S) groups is 1. The van der Waals surface area contributed by atoms with Crippen molar-refractivity contribution in [1.82, 2.24) is 9.97 Å². The molecule has 3 rings (SSSR count). The number of anilines is 2. The molecule has 0 aliphatic carbocycles. The lowest BCUT2D eigenvalue weighted by atomic mass is 10.2. The van der Waals surface area contributed by atoms with Crippen LogP contribution >= 0.6 is 23.6 Å². The van der Waals surface area contributed by atoms with E-state index in [1.165, 1.54) is 0 Å². The number of aromatic nitrogens is 2. The van der Waals surface area contributed by atoms with Crippen LogP contribution in [-0.2, 0) is 0 Å². The Hall–Kier alpha value is -1.73. The Balaban J connectivity index is 1.78. The molecule has 1 saturated heterocycles. The number of thiazole rings is 1. The molecule has 2 aromatic rings. The van der Waals surface area contributed by atoms with E-state index in [-0.39, 0.29) is 0 Å². The molecule has 5 nitrogen and oxygen atoms in total. The fraction of sp³-hybridized carbons (Fsp3) is 0.357. The summed E-state index contributed by atoms with van der Waals surface area (Å²) in [5.41, 5.74) is 7.66. The van der Waals surface area contributed by atoms with Crippen molar-refractivity contribution in [2.24, 2.45) is 5.73 Å². The predicted octanol–water partition coefficient (Wildman–Crippen LogP) is 1.81. The molecule has 0 spiro atoms. The second-order valence-electron chi connectivity index (χ2n) is 4.98. The van der Waals surface area contributed by atoms with Gasteiger partial charge in [-0.05, 0) is 19.1 Å². The number of piperazine rings is 1. The van der Waals surface area contributed by atoms with Gasteiger partial charge in [-0.1, -0.05) is 12.2 Å². The molecule has 1 fully saturated rings. The molecule has 0 saturated carbocycles. The van der Waals surface area contributed by atoms with Gasteiger partial charge in [0.25, 0.3) is 0 Å². The highest BCUT2D eigenvalue weighted by Crippen LogP contribution is 2.23. The van der Waals surface area contributed by atoms with Crippen LogP contribution < -0.4 is 15.5 Å². The van der Waals surface area contributed by atoms with Gasteiger partial charge >= 0.3 is 0 Å². The van der Waals surface area contributed by atoms with Crippen molar-refractivity contribution in [2.45, 2.75) is 6.92 Å². The first-order valence-electron chi connectivity index (χ1n) is 6.82. The van der Waals surface area contributed by atoms with Gasteiger partial charge in [-0.15, -0.1) is 11.3 Å². The number of nitrogens with two attached hydrogens (primary N) is 1. The highest BCUT2D eigenvalue weighted by molar-refractivity contribution is 7.80. The molecule has 0 radical (unpaired) electrons. The van der Waals surface area contributed by atoms with Gasteiger partial charge in [0.05, 0.1) is 5.56 Å². The third-order valence-corrected chi connectivity index (χ3v) is 4.60. The molecule has 1 aliphatic rings. The Morgan fingerprint density at radius 1 is 1.24 bits per heavy atom. The third kappa shape index (κ3) is 2.98. The van der Waals surface area contributed by atoms with E-state index >= 15 is 0 Å². The maximum absolute atomic E-state index is 5.82. The van der Waals surface area contributed by atoms with Gasteiger partial charge in [0, 0.05) is 43.4 Å². The van der Waals surface area contributed by atoms with E-state index < -0.39 is 0 Å². The summed E-state index contributed by atoms with van der Waals surface area (Å²) in [7, 11) is 0. The Bertz CT molecular complexity index is 633. The molecule has 1 aliphatic heterocycles. The Morgan fingerprint density at radius 2 is 1.95 bits per heavy atom. The van der Waals surface area contributed by atoms with Crippen molar-refractivity contribution in [2.75, 3.05) is 36.0 Å². The summed E-state index contributed by atoms with van der Waals surface area (Å²) in [6.07, 6.45) is 1.85. The maximum atomic E-state index is 5.82. The lowest BCUT2D eigenvalue weighted by Gasteiger charge is -2.36. The summed E-state index contributed by atoms with van der Waals surface area (Å²) >= 11 is 6.82. The molecule has 3 heterocycles. The zero-order valence-corrected chi connectivity index (χ0v) is 13.5. The normalized spacial score (nSPS) is 15.3. The van der Waals surface area contributed by atoms with E-state index in [1.807, 2.05) is 30.6 Å². The number of rotatable bonds is 3. The Kier molecular flexibility index (Phi) is 4.03. The average Bonchev–Trinajstić information content (AvgIpc) is 3.01. The third-order valence-electron chi connectivity index (χ3n) is 3.55. The standard InChI is InChI=1S/C14H17N5S2/c1-10-2-3-11(12(15)20)13(17-10)18-5-7-19(8-6-18)14-16-4-9-21-14/h2-4,9H,5-8H2,1H3,(H2,15,20). The predicted molar refractivity (Wildman–Crippen MR) is 91.4 cm³/mol. The molecule has 7 heteroatoms. The zero-order chi connectivity index (χ0) is 14.8. The first kappa shape index (κ1) is 14.2. The highest BCUT2D eigenvalue weighted by Gasteiger charge is 2.22. The van der Waals surface area contributed by atoms with Crippen molar-refractivity contribution in [1.29, 1.82) is 0 Å². The van der Waals surface area contributed by atoms with E-state index in [0.29, 0.717) is 4.99 Å². The first-order valence-corrected chi connectivity index (χ1v) is 8.11. The van der Waals surface area contributed by atoms with E-state index in [9.17, 15) is 0 Å². The fourth-order valence-electron chi connectivity index (χ4n) is 2.46. The van der Waals surface area contributed by atoms with Crippen molar-refractivity contribution < 1.29 is 0 Å².